The number of likely N-dealkylation sites (tertiary alicyclic amines) is 2. The molecule has 1 amide bonds. The molecule has 4 rings (SSSR count). The molecule has 3 heterocycles. The average molecular weight is 367 g/mol. The number of fused-ring (bicyclic) bond motifs is 1. The Bertz CT molecular complexity index is 840. The van der Waals surface area contributed by atoms with Gasteiger partial charge in [0.05, 0.1) is 6.04 Å². The monoisotopic (exact) mass is 367 g/mol. The van der Waals surface area contributed by atoms with Gasteiger partial charge in [0.15, 0.2) is 0 Å². The van der Waals surface area contributed by atoms with E-state index in [2.05, 4.69) is 22.0 Å². The largest absolute Gasteiger partial charge is 0.335 e. The predicted octanol–water partition coefficient (Wildman–Crippen LogP) is 3.22. The normalized spacial score (nSPS) is 25.0. The first-order valence-corrected chi connectivity index (χ1v) is 9.69. The fraction of sp³-hybridized carbons (Fsp3) is 0.455. The average Bonchev–Trinajstić information content (AvgIpc) is 3.17. The third-order valence-corrected chi connectivity index (χ3v) is 5.96. The fourth-order valence-corrected chi connectivity index (χ4v) is 4.77. The van der Waals surface area contributed by atoms with Crippen LogP contribution >= 0.6 is 0 Å². The molecule has 4 nitrogen and oxygen atoms in total. The quantitative estimate of drug-likeness (QED) is 0.833. The minimum absolute atomic E-state index is 0.0229. The van der Waals surface area contributed by atoms with E-state index < -0.39 is 0 Å². The molecular weight excluding hydrogens is 341 g/mol. The van der Waals surface area contributed by atoms with Crippen LogP contribution in [0.3, 0.4) is 0 Å². The molecule has 142 valence electrons. The maximum Gasteiger partial charge on any atom is 0.219 e. The minimum atomic E-state index is -0.236. The van der Waals surface area contributed by atoms with Gasteiger partial charge in [0.1, 0.15) is 5.82 Å². The van der Waals surface area contributed by atoms with Crippen molar-refractivity contribution in [2.75, 3.05) is 26.2 Å². The summed E-state index contributed by atoms with van der Waals surface area (Å²) in [5.41, 5.74) is 3.09. The zero-order valence-corrected chi connectivity index (χ0v) is 15.9. The molecule has 2 aliphatic rings. The van der Waals surface area contributed by atoms with Crippen LogP contribution in [0.1, 0.15) is 29.9 Å². The van der Waals surface area contributed by atoms with Crippen molar-refractivity contribution in [1.82, 2.24) is 14.8 Å². The van der Waals surface area contributed by atoms with Crippen molar-refractivity contribution in [1.29, 1.82) is 0 Å². The SMILES string of the molecule is CC(=O)N1C[C@H]2CN(CCc3cccc(C)n3)C[C@H]2[C@@H]1c1cccc(F)c1. The van der Waals surface area contributed by atoms with Gasteiger partial charge in [-0.25, -0.2) is 4.39 Å². The van der Waals surface area contributed by atoms with E-state index in [0.29, 0.717) is 11.8 Å². The highest BCUT2D eigenvalue weighted by molar-refractivity contribution is 5.74. The van der Waals surface area contributed by atoms with E-state index in [1.165, 1.54) is 6.07 Å². The summed E-state index contributed by atoms with van der Waals surface area (Å²) >= 11 is 0. The molecule has 0 saturated carbocycles. The second-order valence-corrected chi connectivity index (χ2v) is 7.88. The highest BCUT2D eigenvalue weighted by Gasteiger charge is 2.48. The van der Waals surface area contributed by atoms with Crippen LogP contribution in [0.15, 0.2) is 42.5 Å². The van der Waals surface area contributed by atoms with Crippen LogP contribution in [0.25, 0.3) is 0 Å². The predicted molar refractivity (Wildman–Crippen MR) is 103 cm³/mol. The number of rotatable bonds is 4. The van der Waals surface area contributed by atoms with E-state index in [4.69, 9.17) is 0 Å². The molecule has 5 heteroatoms. The van der Waals surface area contributed by atoms with E-state index >= 15 is 0 Å². The fourth-order valence-electron chi connectivity index (χ4n) is 4.77. The maximum atomic E-state index is 13.8. The van der Waals surface area contributed by atoms with Gasteiger partial charge in [0.2, 0.25) is 5.91 Å². The van der Waals surface area contributed by atoms with Crippen LogP contribution < -0.4 is 0 Å². The maximum absolute atomic E-state index is 13.8. The summed E-state index contributed by atoms with van der Waals surface area (Å²) in [5.74, 6) is 0.655. The molecule has 3 atom stereocenters. The first-order valence-electron chi connectivity index (χ1n) is 9.69. The second kappa shape index (κ2) is 7.39. The van der Waals surface area contributed by atoms with Gasteiger partial charge in [-0.1, -0.05) is 18.2 Å². The summed E-state index contributed by atoms with van der Waals surface area (Å²) in [6, 6.07) is 12.9. The van der Waals surface area contributed by atoms with E-state index in [0.717, 1.165) is 49.6 Å². The number of amides is 1. The molecular formula is C22H26FN3O. The summed E-state index contributed by atoms with van der Waals surface area (Å²) in [6.45, 7) is 7.31. The van der Waals surface area contributed by atoms with Crippen LogP contribution in [-0.4, -0.2) is 46.9 Å². The number of carbonyl (C=O) groups excluding carboxylic acids is 1. The van der Waals surface area contributed by atoms with E-state index in [9.17, 15) is 9.18 Å². The van der Waals surface area contributed by atoms with Crippen molar-refractivity contribution in [2.24, 2.45) is 11.8 Å². The summed E-state index contributed by atoms with van der Waals surface area (Å²) in [6.07, 6.45) is 0.933. The lowest BCUT2D eigenvalue weighted by Gasteiger charge is -2.29. The lowest BCUT2D eigenvalue weighted by molar-refractivity contribution is -0.130. The van der Waals surface area contributed by atoms with Gasteiger partial charge in [-0.15, -0.1) is 0 Å². The summed E-state index contributed by atoms with van der Waals surface area (Å²) in [7, 11) is 0. The molecule has 0 N–H and O–H groups in total. The van der Waals surface area contributed by atoms with Crippen LogP contribution in [-0.2, 0) is 11.2 Å². The number of benzene rings is 1. The Kier molecular flexibility index (Phi) is 4.96. The van der Waals surface area contributed by atoms with Crippen molar-refractivity contribution in [3.05, 3.63) is 65.2 Å². The van der Waals surface area contributed by atoms with E-state index in [-0.39, 0.29) is 17.8 Å². The number of aromatic nitrogens is 1. The van der Waals surface area contributed by atoms with E-state index in [1.807, 2.05) is 24.0 Å². The number of hydrogen-bond acceptors (Lipinski definition) is 3. The Balaban J connectivity index is 1.47. The molecule has 0 bridgehead atoms. The van der Waals surface area contributed by atoms with Gasteiger partial charge in [0, 0.05) is 56.8 Å². The van der Waals surface area contributed by atoms with Gasteiger partial charge in [-0.3, -0.25) is 9.78 Å². The summed E-state index contributed by atoms with van der Waals surface area (Å²) < 4.78 is 13.8. The third-order valence-electron chi connectivity index (χ3n) is 5.96. The Morgan fingerprint density at radius 3 is 2.74 bits per heavy atom. The van der Waals surface area contributed by atoms with Crippen molar-refractivity contribution >= 4 is 5.91 Å². The summed E-state index contributed by atoms with van der Waals surface area (Å²) in [5, 5.41) is 0. The molecule has 2 aliphatic heterocycles. The third kappa shape index (κ3) is 3.74. The van der Waals surface area contributed by atoms with Crippen molar-refractivity contribution in [2.45, 2.75) is 26.3 Å². The minimum Gasteiger partial charge on any atom is -0.335 e. The number of hydrogen-bond donors (Lipinski definition) is 0. The van der Waals surface area contributed by atoms with Crippen LogP contribution in [0, 0.1) is 24.6 Å². The Labute approximate surface area is 160 Å². The zero-order chi connectivity index (χ0) is 19.0. The number of carbonyl (C=O) groups is 1. The molecule has 27 heavy (non-hydrogen) atoms. The highest BCUT2D eigenvalue weighted by Crippen LogP contribution is 2.45. The molecule has 0 spiro atoms. The summed E-state index contributed by atoms with van der Waals surface area (Å²) in [4.78, 5) is 21.2. The smallest absolute Gasteiger partial charge is 0.219 e. The second-order valence-electron chi connectivity index (χ2n) is 7.88. The Morgan fingerprint density at radius 2 is 2.00 bits per heavy atom. The van der Waals surface area contributed by atoms with Crippen LogP contribution in [0.5, 0.6) is 0 Å². The van der Waals surface area contributed by atoms with Crippen molar-refractivity contribution < 1.29 is 9.18 Å². The van der Waals surface area contributed by atoms with Gasteiger partial charge >= 0.3 is 0 Å². The first-order chi connectivity index (χ1) is 13.0. The topological polar surface area (TPSA) is 36.4 Å². The number of aryl methyl sites for hydroxylation is 1. The van der Waals surface area contributed by atoms with Gasteiger partial charge in [-0.05, 0) is 42.7 Å². The number of nitrogens with zero attached hydrogens (tertiary/aromatic N) is 3. The Morgan fingerprint density at radius 1 is 1.19 bits per heavy atom. The van der Waals surface area contributed by atoms with Gasteiger partial charge in [-0.2, -0.15) is 0 Å². The molecule has 1 aromatic heterocycles. The lowest BCUT2D eigenvalue weighted by atomic mass is 9.89. The first kappa shape index (κ1) is 18.1. The molecule has 2 saturated heterocycles. The number of pyridine rings is 1. The highest BCUT2D eigenvalue weighted by atomic mass is 19.1. The number of halogens is 1. The van der Waals surface area contributed by atoms with Gasteiger partial charge < -0.3 is 9.80 Å². The molecule has 0 radical (unpaired) electrons. The van der Waals surface area contributed by atoms with Crippen molar-refractivity contribution in [3.8, 4) is 0 Å². The molecule has 0 unspecified atom stereocenters. The van der Waals surface area contributed by atoms with Crippen LogP contribution in [0.4, 0.5) is 4.39 Å². The lowest BCUT2D eigenvalue weighted by Crippen LogP contribution is -2.35. The molecule has 0 aliphatic carbocycles. The van der Waals surface area contributed by atoms with Crippen LogP contribution in [0.2, 0.25) is 0 Å². The van der Waals surface area contributed by atoms with E-state index in [1.54, 1.807) is 19.1 Å². The molecule has 1 aromatic carbocycles. The molecule has 2 aromatic rings. The Hall–Kier alpha value is -2.27. The van der Waals surface area contributed by atoms with Crippen molar-refractivity contribution in [3.63, 3.8) is 0 Å². The van der Waals surface area contributed by atoms with Gasteiger partial charge in [0.25, 0.3) is 0 Å². The zero-order valence-electron chi connectivity index (χ0n) is 15.9. The molecule has 2 fully saturated rings. The standard InChI is InChI=1S/C22H26FN3O/c1-15-5-3-8-20(24-15)9-10-25-12-18-13-26(16(2)27)22(21(18)14-25)17-6-4-7-19(23)11-17/h3-8,11,18,21-22H,9-10,12-14H2,1-2H3/t18-,21-,22+/m1/s1.